The van der Waals surface area contributed by atoms with E-state index in [0.717, 1.165) is 31.8 Å². The smallest absolute Gasteiger partial charge is 0.122 e. The number of imidazole rings is 1. The predicted molar refractivity (Wildman–Crippen MR) is 63.6 cm³/mol. The maximum absolute atomic E-state index is 8.91. The minimum atomic E-state index is -0.219. The van der Waals surface area contributed by atoms with Gasteiger partial charge < -0.3 is 9.88 Å². The van der Waals surface area contributed by atoms with E-state index in [9.17, 15) is 0 Å². The molecule has 1 N–H and O–H groups in total. The van der Waals surface area contributed by atoms with E-state index in [4.69, 9.17) is 5.26 Å². The normalized spacial score (nSPS) is 11.4. The average molecular weight is 220 g/mol. The number of nitrogens with one attached hydrogen (secondary N) is 1. The number of hydrogen-bond donors (Lipinski definition) is 1. The first-order valence-electron chi connectivity index (χ1n) is 5.65. The van der Waals surface area contributed by atoms with Gasteiger partial charge in [-0.3, -0.25) is 0 Å². The lowest BCUT2D eigenvalue weighted by Crippen LogP contribution is -2.14. The Hall–Kier alpha value is -1.34. The van der Waals surface area contributed by atoms with Gasteiger partial charge in [-0.05, 0) is 33.7 Å². The summed E-state index contributed by atoms with van der Waals surface area (Å²) in [6.45, 7) is 5.68. The van der Waals surface area contributed by atoms with Gasteiger partial charge in [0.2, 0.25) is 0 Å². The first-order valence-corrected chi connectivity index (χ1v) is 5.65. The summed E-state index contributed by atoms with van der Waals surface area (Å²) in [6, 6.07) is 2.32. The fourth-order valence-electron chi connectivity index (χ4n) is 1.62. The molecule has 0 saturated carbocycles. The van der Waals surface area contributed by atoms with Crippen molar-refractivity contribution in [3.8, 4) is 6.07 Å². The van der Waals surface area contributed by atoms with Crippen molar-refractivity contribution >= 4 is 0 Å². The van der Waals surface area contributed by atoms with Crippen LogP contribution in [0.1, 0.15) is 32.5 Å². The summed E-state index contributed by atoms with van der Waals surface area (Å²) in [5.41, 5.74) is -0.219. The van der Waals surface area contributed by atoms with Crippen molar-refractivity contribution in [2.45, 2.75) is 39.8 Å². The third kappa shape index (κ3) is 3.67. The highest BCUT2D eigenvalue weighted by molar-refractivity contribution is 4.93. The molecule has 0 atom stereocenters. The summed E-state index contributed by atoms with van der Waals surface area (Å²) in [4.78, 5) is 4.28. The number of aryl methyl sites for hydroxylation is 1. The Kier molecular flexibility index (Phi) is 4.51. The van der Waals surface area contributed by atoms with Crippen LogP contribution in [-0.4, -0.2) is 16.6 Å². The van der Waals surface area contributed by atoms with Crippen LogP contribution in [0.15, 0.2) is 12.4 Å². The van der Waals surface area contributed by atoms with E-state index in [1.165, 1.54) is 0 Å². The van der Waals surface area contributed by atoms with Crippen LogP contribution in [-0.2, 0) is 13.1 Å². The highest BCUT2D eigenvalue weighted by atomic mass is 15.1. The maximum Gasteiger partial charge on any atom is 0.122 e. The van der Waals surface area contributed by atoms with Gasteiger partial charge in [-0.1, -0.05) is 0 Å². The van der Waals surface area contributed by atoms with Crippen LogP contribution in [0.3, 0.4) is 0 Å². The van der Waals surface area contributed by atoms with Crippen molar-refractivity contribution in [2.24, 2.45) is 5.41 Å². The molecule has 1 aromatic rings. The van der Waals surface area contributed by atoms with E-state index in [2.05, 4.69) is 20.9 Å². The van der Waals surface area contributed by atoms with E-state index < -0.39 is 0 Å². The van der Waals surface area contributed by atoms with Gasteiger partial charge in [-0.25, -0.2) is 4.98 Å². The minimum Gasteiger partial charge on any atom is -0.334 e. The summed E-state index contributed by atoms with van der Waals surface area (Å²) in [6.07, 6.45) is 5.74. The predicted octanol–water partition coefficient (Wildman–Crippen LogP) is 1.93. The summed E-state index contributed by atoms with van der Waals surface area (Å²) < 4.78 is 2.14. The summed E-state index contributed by atoms with van der Waals surface area (Å²) in [5, 5.41) is 12.0. The lowest BCUT2D eigenvalue weighted by atomic mass is 9.90. The number of hydrogen-bond acceptors (Lipinski definition) is 3. The molecule has 0 unspecified atom stereocenters. The molecule has 0 saturated heterocycles. The molecule has 1 rings (SSSR count). The number of nitriles is 1. The Morgan fingerprint density at radius 2 is 2.31 bits per heavy atom. The molecule has 0 amide bonds. The number of aromatic nitrogens is 2. The van der Waals surface area contributed by atoms with Crippen molar-refractivity contribution in [2.75, 3.05) is 7.05 Å². The molecule has 0 aliphatic heterocycles. The van der Waals surface area contributed by atoms with Crippen LogP contribution in [0, 0.1) is 16.7 Å². The molecule has 0 spiro atoms. The second kappa shape index (κ2) is 5.66. The lowest BCUT2D eigenvalue weighted by Gasteiger charge is -2.15. The maximum atomic E-state index is 8.91. The molecule has 88 valence electrons. The molecule has 0 aromatic carbocycles. The number of rotatable bonds is 6. The Labute approximate surface area is 97.3 Å². The minimum absolute atomic E-state index is 0.219. The second-order valence-electron chi connectivity index (χ2n) is 4.67. The third-order valence-corrected chi connectivity index (χ3v) is 2.64. The average Bonchev–Trinajstić information content (AvgIpc) is 2.66. The van der Waals surface area contributed by atoms with Gasteiger partial charge in [0.05, 0.1) is 18.0 Å². The molecule has 0 aliphatic carbocycles. The zero-order valence-corrected chi connectivity index (χ0v) is 10.3. The highest BCUT2D eigenvalue weighted by Gasteiger charge is 2.15. The van der Waals surface area contributed by atoms with Gasteiger partial charge in [0, 0.05) is 18.9 Å². The first-order chi connectivity index (χ1) is 7.59. The molecule has 0 radical (unpaired) electrons. The molecule has 1 aromatic heterocycles. The van der Waals surface area contributed by atoms with Crippen LogP contribution in [0.4, 0.5) is 0 Å². The fraction of sp³-hybridized carbons (Fsp3) is 0.667. The van der Waals surface area contributed by atoms with E-state index in [-0.39, 0.29) is 5.41 Å². The van der Waals surface area contributed by atoms with Gasteiger partial charge >= 0.3 is 0 Å². The zero-order chi connectivity index (χ0) is 12.0. The van der Waals surface area contributed by atoms with Gasteiger partial charge in [-0.2, -0.15) is 5.26 Å². The van der Waals surface area contributed by atoms with Crippen molar-refractivity contribution in [3.63, 3.8) is 0 Å². The van der Waals surface area contributed by atoms with Crippen LogP contribution in [0.25, 0.3) is 0 Å². The largest absolute Gasteiger partial charge is 0.334 e. The van der Waals surface area contributed by atoms with Crippen LogP contribution >= 0.6 is 0 Å². The molecule has 0 aliphatic rings. The third-order valence-electron chi connectivity index (χ3n) is 2.64. The summed E-state index contributed by atoms with van der Waals surface area (Å²) >= 11 is 0. The Balaban J connectivity index is 2.43. The van der Waals surface area contributed by atoms with Crippen LogP contribution in [0.2, 0.25) is 0 Å². The molecule has 1 heterocycles. The Bertz CT molecular complexity index is 359. The zero-order valence-electron chi connectivity index (χ0n) is 10.3. The van der Waals surface area contributed by atoms with Gasteiger partial charge in [0.25, 0.3) is 0 Å². The van der Waals surface area contributed by atoms with Crippen molar-refractivity contribution in [1.29, 1.82) is 5.26 Å². The van der Waals surface area contributed by atoms with E-state index in [1.54, 1.807) is 0 Å². The van der Waals surface area contributed by atoms with Crippen molar-refractivity contribution in [3.05, 3.63) is 18.2 Å². The monoisotopic (exact) mass is 220 g/mol. The molecule has 4 nitrogen and oxygen atoms in total. The van der Waals surface area contributed by atoms with E-state index in [1.807, 2.05) is 33.3 Å². The standard InChI is InChI=1S/C12H20N4/c1-12(2,10-13)5-4-7-16-8-6-15-11(16)9-14-3/h6,8,14H,4-5,7,9H2,1-3H3. The van der Waals surface area contributed by atoms with Crippen molar-refractivity contribution < 1.29 is 0 Å². The first kappa shape index (κ1) is 12.7. The van der Waals surface area contributed by atoms with E-state index >= 15 is 0 Å². The molecule has 16 heavy (non-hydrogen) atoms. The molecular formula is C12H20N4. The van der Waals surface area contributed by atoms with Gasteiger partial charge in [-0.15, -0.1) is 0 Å². The van der Waals surface area contributed by atoms with Crippen LogP contribution in [0.5, 0.6) is 0 Å². The Morgan fingerprint density at radius 1 is 1.56 bits per heavy atom. The van der Waals surface area contributed by atoms with Gasteiger partial charge in [0.1, 0.15) is 5.82 Å². The van der Waals surface area contributed by atoms with Gasteiger partial charge in [0.15, 0.2) is 0 Å². The summed E-state index contributed by atoms with van der Waals surface area (Å²) in [5.74, 6) is 1.05. The second-order valence-corrected chi connectivity index (χ2v) is 4.67. The quantitative estimate of drug-likeness (QED) is 0.797. The number of nitrogens with zero attached hydrogens (tertiary/aromatic N) is 3. The van der Waals surface area contributed by atoms with Crippen molar-refractivity contribution in [1.82, 2.24) is 14.9 Å². The topological polar surface area (TPSA) is 53.6 Å². The van der Waals surface area contributed by atoms with E-state index in [0.29, 0.717) is 0 Å². The summed E-state index contributed by atoms with van der Waals surface area (Å²) in [7, 11) is 1.91. The lowest BCUT2D eigenvalue weighted by molar-refractivity contribution is 0.412. The molecule has 4 heteroatoms. The molecule has 0 bridgehead atoms. The fourth-order valence-corrected chi connectivity index (χ4v) is 1.62. The molecule has 0 fully saturated rings. The highest BCUT2D eigenvalue weighted by Crippen LogP contribution is 2.21. The Morgan fingerprint density at radius 3 is 2.94 bits per heavy atom. The molecular weight excluding hydrogens is 200 g/mol. The van der Waals surface area contributed by atoms with Crippen LogP contribution < -0.4 is 5.32 Å². The SMILES string of the molecule is CNCc1nccn1CCCC(C)(C)C#N.